The molecule has 3 nitrogen and oxygen atoms in total. The molecule has 1 aromatic carbocycles. The van der Waals surface area contributed by atoms with Gasteiger partial charge in [-0.2, -0.15) is 0 Å². The lowest BCUT2D eigenvalue weighted by molar-refractivity contribution is 0.273. The van der Waals surface area contributed by atoms with Crippen LogP contribution in [-0.4, -0.2) is 23.2 Å². The van der Waals surface area contributed by atoms with Gasteiger partial charge in [0.25, 0.3) is 0 Å². The zero-order valence-electron chi connectivity index (χ0n) is 12.3. The highest BCUT2D eigenvalue weighted by Gasteiger charge is 2.26. The minimum absolute atomic E-state index is 0.00281. The number of piperidine rings is 1. The minimum atomic E-state index is -0.00281. The van der Waals surface area contributed by atoms with Crippen molar-refractivity contribution in [3.8, 4) is 0 Å². The van der Waals surface area contributed by atoms with Crippen molar-refractivity contribution in [2.75, 3.05) is 18.0 Å². The Hall–Kier alpha value is -1.61. The van der Waals surface area contributed by atoms with Crippen molar-refractivity contribution in [3.63, 3.8) is 0 Å². The van der Waals surface area contributed by atoms with E-state index in [-0.39, 0.29) is 6.61 Å². The van der Waals surface area contributed by atoms with Crippen molar-refractivity contribution < 1.29 is 5.11 Å². The number of hydrogen-bond acceptors (Lipinski definition) is 3. The third-order valence-electron chi connectivity index (χ3n) is 4.35. The van der Waals surface area contributed by atoms with Crippen LogP contribution in [0.3, 0.4) is 0 Å². The summed E-state index contributed by atoms with van der Waals surface area (Å²) in [5.41, 5.74) is 1.18. The van der Waals surface area contributed by atoms with Crippen molar-refractivity contribution in [1.82, 2.24) is 4.98 Å². The maximum absolute atomic E-state index is 9.42. The molecule has 1 N–H and O–H groups in total. The summed E-state index contributed by atoms with van der Waals surface area (Å²) in [5, 5.41) is 11.8. The summed E-state index contributed by atoms with van der Waals surface area (Å²) in [7, 11) is 0. The number of aliphatic hydroxyl groups excluding tert-OH is 1. The smallest absolute Gasteiger partial charge is 0.136 e. The van der Waals surface area contributed by atoms with E-state index in [4.69, 9.17) is 0 Å². The molecule has 0 bridgehead atoms. The van der Waals surface area contributed by atoms with Gasteiger partial charge in [0, 0.05) is 18.5 Å². The second kappa shape index (κ2) is 5.06. The van der Waals surface area contributed by atoms with Crippen LogP contribution in [0.15, 0.2) is 30.3 Å². The average Bonchev–Trinajstić information content (AvgIpc) is 2.46. The molecule has 3 heteroatoms. The molecule has 2 heterocycles. The highest BCUT2D eigenvalue weighted by atomic mass is 16.3. The largest absolute Gasteiger partial charge is 0.390 e. The zero-order valence-corrected chi connectivity index (χ0v) is 12.3. The molecule has 1 saturated heterocycles. The monoisotopic (exact) mass is 270 g/mol. The summed E-state index contributed by atoms with van der Waals surface area (Å²) < 4.78 is 0. The normalized spacial score (nSPS) is 18.4. The van der Waals surface area contributed by atoms with Crippen molar-refractivity contribution in [3.05, 3.63) is 36.0 Å². The molecule has 20 heavy (non-hydrogen) atoms. The molecule has 106 valence electrons. The van der Waals surface area contributed by atoms with Crippen LogP contribution in [0.4, 0.5) is 5.82 Å². The molecule has 0 unspecified atom stereocenters. The summed E-state index contributed by atoms with van der Waals surface area (Å²) >= 11 is 0. The fourth-order valence-electron chi connectivity index (χ4n) is 2.88. The van der Waals surface area contributed by atoms with Crippen molar-refractivity contribution >= 4 is 16.6 Å². The second-order valence-electron chi connectivity index (χ2n) is 6.47. The first-order chi connectivity index (χ1) is 9.59. The van der Waals surface area contributed by atoms with E-state index in [1.165, 1.54) is 18.2 Å². The lowest BCUT2D eigenvalue weighted by atomic mass is 9.82. The molecule has 0 amide bonds. The standard InChI is InChI=1S/C17H22N2O/c1-17(2)7-9-19(10-8-17)16-15-6-4-3-5-13(15)11-14(12-20)18-16/h3-6,11,20H,7-10,12H2,1-2H3. The van der Waals surface area contributed by atoms with E-state index in [9.17, 15) is 5.11 Å². The van der Waals surface area contributed by atoms with E-state index in [0.717, 1.165) is 30.0 Å². The van der Waals surface area contributed by atoms with Gasteiger partial charge in [-0.15, -0.1) is 0 Å². The average molecular weight is 270 g/mol. The van der Waals surface area contributed by atoms with Crippen LogP contribution in [-0.2, 0) is 6.61 Å². The van der Waals surface area contributed by atoms with Gasteiger partial charge in [0.05, 0.1) is 12.3 Å². The Morgan fingerprint density at radius 2 is 1.90 bits per heavy atom. The van der Waals surface area contributed by atoms with Crippen LogP contribution < -0.4 is 4.90 Å². The maximum Gasteiger partial charge on any atom is 0.136 e. The lowest BCUT2D eigenvalue weighted by Gasteiger charge is -2.38. The fourth-order valence-corrected chi connectivity index (χ4v) is 2.88. The number of fused-ring (bicyclic) bond motifs is 1. The predicted octanol–water partition coefficient (Wildman–Crippen LogP) is 3.35. The van der Waals surface area contributed by atoms with E-state index < -0.39 is 0 Å². The molecule has 0 spiro atoms. The molecule has 0 atom stereocenters. The molecule has 0 radical (unpaired) electrons. The van der Waals surface area contributed by atoms with Crippen LogP contribution in [0.5, 0.6) is 0 Å². The Bertz CT molecular complexity index is 611. The van der Waals surface area contributed by atoms with Crippen LogP contribution in [0.25, 0.3) is 10.8 Å². The van der Waals surface area contributed by atoms with E-state index >= 15 is 0 Å². The highest BCUT2D eigenvalue weighted by molar-refractivity contribution is 5.92. The highest BCUT2D eigenvalue weighted by Crippen LogP contribution is 2.34. The second-order valence-corrected chi connectivity index (χ2v) is 6.47. The maximum atomic E-state index is 9.42. The molecule has 1 aliphatic rings. The Labute approximate surface area is 120 Å². The van der Waals surface area contributed by atoms with Crippen LogP contribution in [0, 0.1) is 5.41 Å². The van der Waals surface area contributed by atoms with Crippen LogP contribution in [0.1, 0.15) is 32.4 Å². The molecule has 0 saturated carbocycles. The number of hydrogen-bond donors (Lipinski definition) is 1. The zero-order chi connectivity index (χ0) is 14.2. The minimum Gasteiger partial charge on any atom is -0.390 e. The van der Waals surface area contributed by atoms with Gasteiger partial charge in [-0.05, 0) is 29.7 Å². The molecular weight excluding hydrogens is 248 g/mol. The molecule has 1 aliphatic heterocycles. The van der Waals surface area contributed by atoms with Crippen molar-refractivity contribution in [2.24, 2.45) is 5.41 Å². The summed E-state index contributed by atoms with van der Waals surface area (Å²) in [4.78, 5) is 7.03. The third-order valence-corrected chi connectivity index (χ3v) is 4.35. The molecular formula is C17H22N2O. The topological polar surface area (TPSA) is 36.4 Å². The number of nitrogens with zero attached hydrogens (tertiary/aromatic N) is 2. The summed E-state index contributed by atoms with van der Waals surface area (Å²) in [6.07, 6.45) is 2.37. The van der Waals surface area contributed by atoms with Crippen LogP contribution in [0.2, 0.25) is 0 Å². The molecule has 1 fully saturated rings. The molecule has 3 rings (SSSR count). The number of aromatic nitrogens is 1. The summed E-state index contributed by atoms with van der Waals surface area (Å²) in [5.74, 6) is 1.03. The molecule has 0 aliphatic carbocycles. The SMILES string of the molecule is CC1(C)CCN(c2nc(CO)cc3ccccc23)CC1. The van der Waals surface area contributed by atoms with Crippen molar-refractivity contribution in [1.29, 1.82) is 0 Å². The van der Waals surface area contributed by atoms with E-state index in [1.807, 2.05) is 12.1 Å². The first kappa shape index (κ1) is 13.4. The van der Waals surface area contributed by atoms with Gasteiger partial charge in [0.1, 0.15) is 5.82 Å². The summed E-state index contributed by atoms with van der Waals surface area (Å²) in [6, 6.07) is 10.3. The van der Waals surface area contributed by atoms with Gasteiger partial charge < -0.3 is 10.0 Å². The van der Waals surface area contributed by atoms with E-state index in [1.54, 1.807) is 0 Å². The van der Waals surface area contributed by atoms with Gasteiger partial charge in [-0.3, -0.25) is 0 Å². The van der Waals surface area contributed by atoms with Gasteiger partial charge in [0.15, 0.2) is 0 Å². The van der Waals surface area contributed by atoms with Gasteiger partial charge in [-0.1, -0.05) is 38.1 Å². The Morgan fingerprint density at radius 1 is 1.20 bits per heavy atom. The van der Waals surface area contributed by atoms with E-state index in [0.29, 0.717) is 5.41 Å². The Kier molecular flexibility index (Phi) is 3.38. The van der Waals surface area contributed by atoms with Gasteiger partial charge in [0.2, 0.25) is 0 Å². The lowest BCUT2D eigenvalue weighted by Crippen LogP contribution is -2.38. The number of rotatable bonds is 2. The first-order valence-corrected chi connectivity index (χ1v) is 7.33. The quantitative estimate of drug-likeness (QED) is 0.909. The van der Waals surface area contributed by atoms with E-state index in [2.05, 4.69) is 41.9 Å². The number of anilines is 1. The summed E-state index contributed by atoms with van der Waals surface area (Å²) in [6.45, 7) is 6.75. The van der Waals surface area contributed by atoms with Crippen molar-refractivity contribution in [2.45, 2.75) is 33.3 Å². The predicted molar refractivity (Wildman–Crippen MR) is 82.9 cm³/mol. The van der Waals surface area contributed by atoms with Gasteiger partial charge in [-0.25, -0.2) is 4.98 Å². The number of benzene rings is 1. The molecule has 1 aromatic heterocycles. The first-order valence-electron chi connectivity index (χ1n) is 7.33. The fraction of sp³-hybridized carbons (Fsp3) is 0.471. The molecule has 2 aromatic rings. The van der Waals surface area contributed by atoms with Crippen LogP contribution >= 0.6 is 0 Å². The third kappa shape index (κ3) is 2.50. The van der Waals surface area contributed by atoms with Gasteiger partial charge >= 0.3 is 0 Å². The Morgan fingerprint density at radius 3 is 2.60 bits per heavy atom. The Balaban J connectivity index is 2.02. The number of pyridine rings is 1. The number of aliphatic hydroxyl groups is 1.